The third-order valence-corrected chi connectivity index (χ3v) is 2.42. The maximum absolute atomic E-state index is 11.1. The number of hydrogen-bond acceptors (Lipinski definition) is 4. The zero-order valence-corrected chi connectivity index (χ0v) is 10.3. The summed E-state index contributed by atoms with van der Waals surface area (Å²) in [6, 6.07) is 4.78. The van der Waals surface area contributed by atoms with Crippen LogP contribution in [0.4, 0.5) is 11.4 Å². The van der Waals surface area contributed by atoms with Crippen LogP contribution in [0.1, 0.15) is 0 Å². The number of nitro groups is 1. The summed E-state index contributed by atoms with van der Waals surface area (Å²) in [6.45, 7) is 8.32. The highest BCUT2D eigenvalue weighted by atomic mass is 16.6. The summed E-state index contributed by atoms with van der Waals surface area (Å²) in [5, 5.41) is 11.1. The molecule has 0 radical (unpaired) electrons. The Morgan fingerprint density at radius 1 is 1.39 bits per heavy atom. The highest BCUT2D eigenvalue weighted by molar-refractivity contribution is 5.66. The van der Waals surface area contributed by atoms with Crippen LogP contribution in [0.5, 0.6) is 5.75 Å². The fourth-order valence-electron chi connectivity index (χ4n) is 1.63. The van der Waals surface area contributed by atoms with Gasteiger partial charge in [0.1, 0.15) is 11.4 Å². The van der Waals surface area contributed by atoms with Gasteiger partial charge in [-0.15, -0.1) is 13.2 Å². The Morgan fingerprint density at radius 3 is 2.44 bits per heavy atom. The van der Waals surface area contributed by atoms with Gasteiger partial charge in [0.15, 0.2) is 0 Å². The summed E-state index contributed by atoms with van der Waals surface area (Å²) in [5.74, 6) is 0.461. The molecular weight excluding hydrogens is 232 g/mol. The topological polar surface area (TPSA) is 55.6 Å². The average molecular weight is 248 g/mol. The first-order valence-corrected chi connectivity index (χ1v) is 5.43. The zero-order valence-electron chi connectivity index (χ0n) is 10.3. The number of ether oxygens (including phenoxy) is 1. The minimum atomic E-state index is -0.420. The first-order chi connectivity index (χ1) is 8.63. The van der Waals surface area contributed by atoms with Crippen molar-refractivity contribution in [2.24, 2.45) is 0 Å². The minimum Gasteiger partial charge on any atom is -0.496 e. The Bertz CT molecular complexity index is 448. The lowest BCUT2D eigenvalue weighted by Gasteiger charge is -2.21. The van der Waals surface area contributed by atoms with E-state index in [2.05, 4.69) is 13.2 Å². The molecule has 0 aromatic heterocycles. The number of methoxy groups -OCH3 is 1. The zero-order chi connectivity index (χ0) is 13.5. The van der Waals surface area contributed by atoms with Crippen LogP contribution in [0.3, 0.4) is 0 Å². The molecule has 1 aromatic rings. The smallest absolute Gasteiger partial charge is 0.296 e. The summed E-state index contributed by atoms with van der Waals surface area (Å²) in [5.41, 5.74) is 0.540. The number of anilines is 1. The first-order valence-electron chi connectivity index (χ1n) is 5.43. The van der Waals surface area contributed by atoms with E-state index in [4.69, 9.17) is 4.74 Å². The van der Waals surface area contributed by atoms with Gasteiger partial charge < -0.3 is 9.64 Å². The highest BCUT2D eigenvalue weighted by Crippen LogP contribution is 2.31. The van der Waals surface area contributed by atoms with Crippen LogP contribution >= 0.6 is 0 Å². The van der Waals surface area contributed by atoms with Crippen molar-refractivity contribution in [3.63, 3.8) is 0 Å². The molecule has 96 valence electrons. The van der Waals surface area contributed by atoms with Crippen molar-refractivity contribution in [1.82, 2.24) is 0 Å². The molecular formula is C13H16N2O3. The molecule has 0 aliphatic heterocycles. The summed E-state index contributed by atoms with van der Waals surface area (Å²) in [4.78, 5) is 12.5. The number of nitrogens with zero attached hydrogens (tertiary/aromatic N) is 2. The van der Waals surface area contributed by atoms with E-state index < -0.39 is 4.92 Å². The fourth-order valence-corrected chi connectivity index (χ4v) is 1.63. The van der Waals surface area contributed by atoms with E-state index in [9.17, 15) is 10.1 Å². The van der Waals surface area contributed by atoms with E-state index in [-0.39, 0.29) is 5.69 Å². The summed E-state index contributed by atoms with van der Waals surface area (Å²) < 4.78 is 5.00. The van der Waals surface area contributed by atoms with Gasteiger partial charge in [-0.2, -0.15) is 0 Å². The third kappa shape index (κ3) is 3.10. The van der Waals surface area contributed by atoms with E-state index in [1.54, 1.807) is 24.3 Å². The molecule has 18 heavy (non-hydrogen) atoms. The molecule has 0 fully saturated rings. The van der Waals surface area contributed by atoms with E-state index in [0.717, 1.165) is 0 Å². The molecule has 0 amide bonds. The lowest BCUT2D eigenvalue weighted by molar-refractivity contribution is -0.384. The summed E-state index contributed by atoms with van der Waals surface area (Å²) in [6.07, 6.45) is 3.38. The summed E-state index contributed by atoms with van der Waals surface area (Å²) in [7, 11) is 1.48. The van der Waals surface area contributed by atoms with E-state index in [0.29, 0.717) is 24.5 Å². The SMILES string of the molecule is C=CCN(CC=C)c1ccc(OC)cc1[N+](=O)[O-]. The Balaban J connectivity index is 3.22. The lowest BCUT2D eigenvalue weighted by atomic mass is 10.2. The predicted octanol–water partition coefficient (Wildman–Crippen LogP) is 2.78. The van der Waals surface area contributed by atoms with Crippen molar-refractivity contribution in [1.29, 1.82) is 0 Å². The molecule has 5 heteroatoms. The molecule has 0 aliphatic rings. The van der Waals surface area contributed by atoms with Gasteiger partial charge >= 0.3 is 0 Å². The van der Waals surface area contributed by atoms with Crippen LogP contribution in [0, 0.1) is 10.1 Å². The molecule has 0 unspecified atom stereocenters. The van der Waals surface area contributed by atoms with Gasteiger partial charge in [0.05, 0.1) is 18.1 Å². The second kappa shape index (κ2) is 6.44. The molecule has 1 rings (SSSR count). The molecule has 0 heterocycles. The van der Waals surface area contributed by atoms with Crippen LogP contribution in [-0.2, 0) is 0 Å². The Kier molecular flexibility index (Phi) is 4.92. The van der Waals surface area contributed by atoms with Crippen LogP contribution in [0.2, 0.25) is 0 Å². The normalized spacial score (nSPS) is 9.61. The molecule has 0 spiro atoms. The number of nitro benzene ring substituents is 1. The molecule has 0 aliphatic carbocycles. The Hall–Kier alpha value is -2.30. The molecule has 5 nitrogen and oxygen atoms in total. The Morgan fingerprint density at radius 2 is 2.00 bits per heavy atom. The predicted molar refractivity (Wildman–Crippen MR) is 72.3 cm³/mol. The van der Waals surface area contributed by atoms with Gasteiger partial charge in [-0.3, -0.25) is 10.1 Å². The van der Waals surface area contributed by atoms with Crippen LogP contribution in [0.25, 0.3) is 0 Å². The second-order valence-corrected chi connectivity index (χ2v) is 3.59. The lowest BCUT2D eigenvalue weighted by Crippen LogP contribution is -2.23. The molecule has 0 N–H and O–H groups in total. The van der Waals surface area contributed by atoms with Crippen molar-refractivity contribution in [2.45, 2.75) is 0 Å². The third-order valence-electron chi connectivity index (χ3n) is 2.42. The van der Waals surface area contributed by atoms with Crippen LogP contribution < -0.4 is 9.64 Å². The van der Waals surface area contributed by atoms with Crippen molar-refractivity contribution in [2.75, 3.05) is 25.1 Å². The largest absolute Gasteiger partial charge is 0.496 e. The van der Waals surface area contributed by atoms with Crippen LogP contribution in [-0.4, -0.2) is 25.1 Å². The standard InChI is InChI=1S/C13H16N2O3/c1-4-8-14(9-5-2)12-7-6-11(18-3)10-13(12)15(16)17/h4-7,10H,1-2,8-9H2,3H3. The van der Waals surface area contributed by atoms with Gasteiger partial charge in [0, 0.05) is 13.1 Å². The molecule has 0 bridgehead atoms. The second-order valence-electron chi connectivity index (χ2n) is 3.59. The maximum atomic E-state index is 11.1. The van der Waals surface area contributed by atoms with Crippen molar-refractivity contribution < 1.29 is 9.66 Å². The monoisotopic (exact) mass is 248 g/mol. The first kappa shape index (κ1) is 13.8. The van der Waals surface area contributed by atoms with E-state index in [1.807, 2.05) is 4.90 Å². The van der Waals surface area contributed by atoms with Gasteiger partial charge in [-0.1, -0.05) is 12.2 Å². The number of hydrogen-bond donors (Lipinski definition) is 0. The van der Waals surface area contributed by atoms with Gasteiger partial charge in [-0.25, -0.2) is 0 Å². The van der Waals surface area contributed by atoms with Gasteiger partial charge in [0.25, 0.3) is 5.69 Å². The van der Waals surface area contributed by atoms with Crippen molar-refractivity contribution in [3.05, 3.63) is 53.6 Å². The quantitative estimate of drug-likeness (QED) is 0.423. The molecule has 0 atom stereocenters. The average Bonchev–Trinajstić information content (AvgIpc) is 2.37. The summed E-state index contributed by atoms with van der Waals surface area (Å²) >= 11 is 0. The number of benzene rings is 1. The van der Waals surface area contributed by atoms with E-state index in [1.165, 1.54) is 13.2 Å². The van der Waals surface area contributed by atoms with Crippen LogP contribution in [0.15, 0.2) is 43.5 Å². The minimum absolute atomic E-state index is 0.0121. The van der Waals surface area contributed by atoms with Gasteiger partial charge in [0.2, 0.25) is 0 Å². The number of rotatable bonds is 7. The van der Waals surface area contributed by atoms with Gasteiger partial charge in [-0.05, 0) is 12.1 Å². The molecule has 0 saturated heterocycles. The Labute approximate surface area is 106 Å². The fraction of sp³-hybridized carbons (Fsp3) is 0.231. The molecule has 1 aromatic carbocycles. The molecule has 0 saturated carbocycles. The van der Waals surface area contributed by atoms with Crippen molar-refractivity contribution >= 4 is 11.4 Å². The maximum Gasteiger partial charge on any atom is 0.296 e. The van der Waals surface area contributed by atoms with E-state index >= 15 is 0 Å². The van der Waals surface area contributed by atoms with Crippen molar-refractivity contribution in [3.8, 4) is 5.75 Å². The highest BCUT2D eigenvalue weighted by Gasteiger charge is 2.19.